The number of aromatic amines is 1. The van der Waals surface area contributed by atoms with E-state index in [0.29, 0.717) is 45.2 Å². The molecule has 0 radical (unpaired) electrons. The summed E-state index contributed by atoms with van der Waals surface area (Å²) in [6.07, 6.45) is 1.46. The molecule has 1 aromatic rings. The largest absolute Gasteiger partial charge is 0.380 e. The summed E-state index contributed by atoms with van der Waals surface area (Å²) in [5.41, 5.74) is 6.18. The third-order valence-electron chi connectivity index (χ3n) is 2.95. The molecule has 0 aliphatic rings. The van der Waals surface area contributed by atoms with E-state index in [9.17, 15) is 8.42 Å². The number of nitrogens with zero attached hydrogens (tertiary/aromatic N) is 1. The standard InChI is InChI=1S/C13H25N3O4S/c1-3-19-7-5-16(6-8-20-4-2)21(17,18)13-9-12(10-14)15-11-13/h9,11,15H,3-8,10,14H2,1-2H3. The van der Waals surface area contributed by atoms with E-state index < -0.39 is 10.0 Å². The third kappa shape index (κ3) is 5.40. The molecule has 0 saturated heterocycles. The minimum Gasteiger partial charge on any atom is -0.380 e. The lowest BCUT2D eigenvalue weighted by molar-refractivity contribution is 0.110. The van der Waals surface area contributed by atoms with Crippen molar-refractivity contribution in [1.29, 1.82) is 0 Å². The van der Waals surface area contributed by atoms with E-state index in [1.807, 2.05) is 13.8 Å². The van der Waals surface area contributed by atoms with Gasteiger partial charge in [0.1, 0.15) is 0 Å². The highest BCUT2D eigenvalue weighted by Gasteiger charge is 2.25. The Morgan fingerprint density at radius 3 is 2.19 bits per heavy atom. The fourth-order valence-corrected chi connectivity index (χ4v) is 3.24. The maximum atomic E-state index is 12.6. The molecule has 3 N–H and O–H groups in total. The molecule has 0 atom stereocenters. The van der Waals surface area contributed by atoms with Crippen LogP contribution < -0.4 is 5.73 Å². The van der Waals surface area contributed by atoms with Gasteiger partial charge in [-0.15, -0.1) is 0 Å². The number of sulfonamides is 1. The number of H-pyrrole nitrogens is 1. The third-order valence-corrected chi connectivity index (χ3v) is 4.83. The van der Waals surface area contributed by atoms with Gasteiger partial charge in [0.15, 0.2) is 0 Å². The van der Waals surface area contributed by atoms with Crippen LogP contribution in [-0.2, 0) is 26.0 Å². The van der Waals surface area contributed by atoms with Crippen molar-refractivity contribution in [1.82, 2.24) is 9.29 Å². The van der Waals surface area contributed by atoms with Crippen LogP contribution in [0.1, 0.15) is 19.5 Å². The van der Waals surface area contributed by atoms with Crippen molar-refractivity contribution >= 4 is 10.0 Å². The molecule has 0 bridgehead atoms. The molecule has 122 valence electrons. The Bertz CT molecular complexity index is 491. The van der Waals surface area contributed by atoms with Gasteiger partial charge in [-0.25, -0.2) is 8.42 Å². The zero-order chi connectivity index (χ0) is 15.7. The molecule has 0 aliphatic heterocycles. The van der Waals surface area contributed by atoms with Crippen molar-refractivity contribution < 1.29 is 17.9 Å². The molecular formula is C13H25N3O4S. The van der Waals surface area contributed by atoms with Crippen LogP contribution in [0.2, 0.25) is 0 Å². The molecular weight excluding hydrogens is 294 g/mol. The normalized spacial score (nSPS) is 12.2. The number of aromatic nitrogens is 1. The van der Waals surface area contributed by atoms with Crippen molar-refractivity contribution in [3.63, 3.8) is 0 Å². The van der Waals surface area contributed by atoms with E-state index in [2.05, 4.69) is 4.98 Å². The highest BCUT2D eigenvalue weighted by atomic mass is 32.2. The number of nitrogens with one attached hydrogen (secondary N) is 1. The minimum absolute atomic E-state index is 0.218. The molecule has 0 amide bonds. The monoisotopic (exact) mass is 319 g/mol. The Balaban J connectivity index is 2.81. The lowest BCUT2D eigenvalue weighted by Gasteiger charge is -2.21. The summed E-state index contributed by atoms with van der Waals surface area (Å²) >= 11 is 0. The van der Waals surface area contributed by atoms with E-state index >= 15 is 0 Å². The van der Waals surface area contributed by atoms with Crippen LogP contribution in [0.3, 0.4) is 0 Å². The zero-order valence-electron chi connectivity index (χ0n) is 12.7. The van der Waals surface area contributed by atoms with Gasteiger partial charge in [-0.2, -0.15) is 4.31 Å². The van der Waals surface area contributed by atoms with Crippen molar-refractivity contribution in [2.45, 2.75) is 25.3 Å². The van der Waals surface area contributed by atoms with Gasteiger partial charge < -0.3 is 20.2 Å². The number of hydrogen-bond acceptors (Lipinski definition) is 5. The molecule has 1 aromatic heterocycles. The molecule has 1 rings (SSSR count). The van der Waals surface area contributed by atoms with Gasteiger partial charge in [0.2, 0.25) is 10.0 Å². The molecule has 21 heavy (non-hydrogen) atoms. The Morgan fingerprint density at radius 2 is 1.76 bits per heavy atom. The van der Waals surface area contributed by atoms with E-state index in [-0.39, 0.29) is 11.4 Å². The van der Waals surface area contributed by atoms with Crippen molar-refractivity contribution in [3.05, 3.63) is 18.0 Å². The van der Waals surface area contributed by atoms with Crippen LogP contribution in [0.4, 0.5) is 0 Å². The van der Waals surface area contributed by atoms with Crippen LogP contribution in [0, 0.1) is 0 Å². The van der Waals surface area contributed by atoms with E-state index in [4.69, 9.17) is 15.2 Å². The van der Waals surface area contributed by atoms with Crippen LogP contribution >= 0.6 is 0 Å². The van der Waals surface area contributed by atoms with Crippen LogP contribution in [-0.4, -0.2) is 57.2 Å². The van der Waals surface area contributed by atoms with Crippen LogP contribution in [0.15, 0.2) is 17.2 Å². The zero-order valence-corrected chi connectivity index (χ0v) is 13.5. The maximum Gasteiger partial charge on any atom is 0.244 e. The van der Waals surface area contributed by atoms with Crippen molar-refractivity contribution in [3.8, 4) is 0 Å². The fraction of sp³-hybridized carbons (Fsp3) is 0.692. The van der Waals surface area contributed by atoms with Gasteiger partial charge in [0.25, 0.3) is 0 Å². The first-order valence-corrected chi connectivity index (χ1v) is 8.53. The lowest BCUT2D eigenvalue weighted by Crippen LogP contribution is -2.36. The van der Waals surface area contributed by atoms with Gasteiger partial charge in [-0.05, 0) is 19.9 Å². The first-order valence-electron chi connectivity index (χ1n) is 7.09. The molecule has 0 fully saturated rings. The summed E-state index contributed by atoms with van der Waals surface area (Å²) in [5.74, 6) is 0. The first-order chi connectivity index (χ1) is 10.1. The highest BCUT2D eigenvalue weighted by molar-refractivity contribution is 7.89. The van der Waals surface area contributed by atoms with Crippen molar-refractivity contribution in [2.24, 2.45) is 5.73 Å². The quantitative estimate of drug-likeness (QED) is 0.580. The summed E-state index contributed by atoms with van der Waals surface area (Å²) in [7, 11) is -3.56. The number of nitrogens with two attached hydrogens (primary N) is 1. The second kappa shape index (κ2) is 9.16. The van der Waals surface area contributed by atoms with E-state index in [1.165, 1.54) is 10.5 Å². The predicted molar refractivity (Wildman–Crippen MR) is 80.4 cm³/mol. The van der Waals surface area contributed by atoms with Gasteiger partial charge in [0, 0.05) is 44.7 Å². The van der Waals surface area contributed by atoms with Crippen LogP contribution in [0.25, 0.3) is 0 Å². The molecule has 0 aliphatic carbocycles. The average molecular weight is 319 g/mol. The second-order valence-electron chi connectivity index (χ2n) is 4.36. The lowest BCUT2D eigenvalue weighted by atomic mass is 10.4. The summed E-state index contributed by atoms with van der Waals surface area (Å²) in [4.78, 5) is 3.08. The molecule has 0 saturated carbocycles. The molecule has 8 heteroatoms. The smallest absolute Gasteiger partial charge is 0.244 e. The Kier molecular flexibility index (Phi) is 7.91. The first kappa shape index (κ1) is 18.1. The summed E-state index contributed by atoms with van der Waals surface area (Å²) in [6, 6.07) is 1.56. The number of ether oxygens (including phenoxy) is 2. The Hall–Kier alpha value is -0.930. The van der Waals surface area contributed by atoms with Gasteiger partial charge in [0.05, 0.1) is 18.1 Å². The Labute approximate surface area is 126 Å². The summed E-state index contributed by atoms with van der Waals surface area (Å²) < 4.78 is 37.1. The Morgan fingerprint density at radius 1 is 1.19 bits per heavy atom. The van der Waals surface area contributed by atoms with Gasteiger partial charge >= 0.3 is 0 Å². The van der Waals surface area contributed by atoms with Gasteiger partial charge in [-0.1, -0.05) is 0 Å². The number of hydrogen-bond donors (Lipinski definition) is 2. The maximum absolute atomic E-state index is 12.6. The predicted octanol–water partition coefficient (Wildman–Crippen LogP) is 0.537. The molecule has 1 heterocycles. The van der Waals surface area contributed by atoms with Gasteiger partial charge in [-0.3, -0.25) is 0 Å². The highest BCUT2D eigenvalue weighted by Crippen LogP contribution is 2.16. The minimum atomic E-state index is -3.56. The van der Waals surface area contributed by atoms with E-state index in [0.717, 1.165) is 0 Å². The molecule has 0 unspecified atom stereocenters. The molecule has 7 nitrogen and oxygen atoms in total. The average Bonchev–Trinajstić information content (AvgIpc) is 2.95. The SMILES string of the molecule is CCOCCN(CCOCC)S(=O)(=O)c1c[nH]c(CN)c1. The summed E-state index contributed by atoms with van der Waals surface area (Å²) in [5, 5.41) is 0. The molecule has 0 aromatic carbocycles. The van der Waals surface area contributed by atoms with Crippen LogP contribution in [0.5, 0.6) is 0 Å². The number of rotatable bonds is 11. The fourth-order valence-electron chi connectivity index (χ4n) is 1.81. The van der Waals surface area contributed by atoms with E-state index in [1.54, 1.807) is 6.07 Å². The topological polar surface area (TPSA) is 97.6 Å². The molecule has 0 spiro atoms. The summed E-state index contributed by atoms with van der Waals surface area (Å²) in [6.45, 7) is 6.44. The van der Waals surface area contributed by atoms with Crippen molar-refractivity contribution in [2.75, 3.05) is 39.5 Å². The second-order valence-corrected chi connectivity index (χ2v) is 6.30.